The summed E-state index contributed by atoms with van der Waals surface area (Å²) < 4.78 is 1.19. The summed E-state index contributed by atoms with van der Waals surface area (Å²) in [6.07, 6.45) is 7.06. The van der Waals surface area contributed by atoms with Gasteiger partial charge in [0.15, 0.2) is 0 Å². The maximum absolute atomic E-state index is 11.9. The van der Waals surface area contributed by atoms with E-state index in [1.165, 1.54) is 35.7 Å². The van der Waals surface area contributed by atoms with Crippen LogP contribution in [0.4, 0.5) is 5.69 Å². The maximum Gasteiger partial charge on any atom is 0.224 e. The van der Waals surface area contributed by atoms with Crippen LogP contribution in [0.1, 0.15) is 38.5 Å². The molecule has 1 saturated carbocycles. The van der Waals surface area contributed by atoms with Gasteiger partial charge in [0.2, 0.25) is 5.91 Å². The van der Waals surface area contributed by atoms with Gasteiger partial charge in [0.05, 0.1) is 0 Å². The van der Waals surface area contributed by atoms with E-state index in [-0.39, 0.29) is 5.91 Å². The minimum Gasteiger partial charge on any atom is -0.326 e. The Morgan fingerprint density at radius 2 is 1.82 bits per heavy atom. The fourth-order valence-electron chi connectivity index (χ4n) is 2.40. The van der Waals surface area contributed by atoms with Crippen molar-refractivity contribution in [1.82, 2.24) is 0 Å². The number of hydrogen-bond acceptors (Lipinski definition) is 1. The Morgan fingerprint density at radius 1 is 1.18 bits per heavy atom. The quantitative estimate of drug-likeness (QED) is 0.819. The predicted octanol–water partition coefficient (Wildman–Crippen LogP) is 4.20. The van der Waals surface area contributed by atoms with E-state index in [2.05, 4.69) is 27.9 Å². The molecule has 0 radical (unpaired) electrons. The molecule has 1 aliphatic carbocycles. The Kier molecular flexibility index (Phi) is 4.83. The summed E-state index contributed by atoms with van der Waals surface area (Å²) in [4.78, 5) is 11.9. The molecule has 1 aliphatic rings. The number of carbonyl (C=O) groups excluding carboxylic acids is 1. The molecule has 0 aliphatic heterocycles. The number of hydrogen-bond donors (Lipinski definition) is 1. The number of benzene rings is 1. The van der Waals surface area contributed by atoms with Crippen LogP contribution in [0.2, 0.25) is 0 Å². The van der Waals surface area contributed by atoms with Crippen LogP contribution in [0.25, 0.3) is 0 Å². The summed E-state index contributed by atoms with van der Waals surface area (Å²) in [5.74, 6) is 0.769. The van der Waals surface area contributed by atoms with E-state index in [1.54, 1.807) is 0 Å². The fraction of sp³-hybridized carbons (Fsp3) is 0.500. The van der Waals surface area contributed by atoms with Crippen molar-refractivity contribution in [3.05, 3.63) is 27.8 Å². The molecule has 1 N–H and O–H groups in total. The van der Waals surface area contributed by atoms with Crippen LogP contribution < -0.4 is 5.32 Å². The van der Waals surface area contributed by atoms with Gasteiger partial charge in [-0.25, -0.2) is 0 Å². The van der Waals surface area contributed by atoms with Crippen LogP contribution in [0.15, 0.2) is 24.3 Å². The molecule has 17 heavy (non-hydrogen) atoms. The highest BCUT2D eigenvalue weighted by Crippen LogP contribution is 2.26. The first-order valence-corrected chi connectivity index (χ1v) is 7.37. The van der Waals surface area contributed by atoms with Gasteiger partial charge < -0.3 is 5.32 Å². The average Bonchev–Trinajstić information content (AvgIpc) is 2.33. The van der Waals surface area contributed by atoms with Crippen LogP contribution in [-0.2, 0) is 4.79 Å². The molecule has 0 atom stereocenters. The summed E-state index contributed by atoms with van der Waals surface area (Å²) in [5, 5.41) is 2.97. The normalized spacial score (nSPS) is 16.8. The van der Waals surface area contributed by atoms with Gasteiger partial charge in [-0.15, -0.1) is 0 Å². The fourth-order valence-corrected chi connectivity index (χ4v) is 2.76. The number of nitrogens with one attached hydrogen (secondary N) is 1. The molecule has 1 fully saturated rings. The van der Waals surface area contributed by atoms with Crippen molar-refractivity contribution in [1.29, 1.82) is 0 Å². The van der Waals surface area contributed by atoms with Crippen molar-refractivity contribution >= 4 is 34.2 Å². The summed E-state index contributed by atoms with van der Waals surface area (Å²) in [7, 11) is 0. The Morgan fingerprint density at radius 3 is 2.47 bits per heavy atom. The predicted molar refractivity (Wildman–Crippen MR) is 79.0 cm³/mol. The van der Waals surface area contributed by atoms with E-state index >= 15 is 0 Å². The Hall–Kier alpha value is -0.580. The second kappa shape index (κ2) is 6.38. The van der Waals surface area contributed by atoms with Crippen molar-refractivity contribution in [2.75, 3.05) is 5.32 Å². The largest absolute Gasteiger partial charge is 0.326 e. The molecule has 92 valence electrons. The molecule has 2 rings (SSSR count). The lowest BCUT2D eigenvalue weighted by atomic mass is 9.87. The monoisotopic (exact) mass is 343 g/mol. The molecular weight excluding hydrogens is 325 g/mol. The minimum absolute atomic E-state index is 0.165. The van der Waals surface area contributed by atoms with Crippen molar-refractivity contribution in [3.63, 3.8) is 0 Å². The molecule has 1 aromatic carbocycles. The van der Waals surface area contributed by atoms with E-state index in [0.29, 0.717) is 12.3 Å². The zero-order valence-corrected chi connectivity index (χ0v) is 12.1. The number of amides is 1. The zero-order chi connectivity index (χ0) is 12.1. The molecule has 0 aromatic heterocycles. The lowest BCUT2D eigenvalue weighted by molar-refractivity contribution is -0.117. The van der Waals surface area contributed by atoms with Crippen LogP contribution in [-0.4, -0.2) is 5.91 Å². The van der Waals surface area contributed by atoms with Crippen molar-refractivity contribution in [3.8, 4) is 0 Å². The average molecular weight is 343 g/mol. The number of carbonyl (C=O) groups is 1. The third-order valence-electron chi connectivity index (χ3n) is 3.33. The Bertz CT molecular complexity index is 368. The third kappa shape index (κ3) is 4.30. The summed E-state index contributed by atoms with van der Waals surface area (Å²) in [6.45, 7) is 0. The van der Waals surface area contributed by atoms with Gasteiger partial charge in [0, 0.05) is 15.7 Å². The van der Waals surface area contributed by atoms with Gasteiger partial charge in [-0.05, 0) is 65.6 Å². The molecule has 0 heterocycles. The molecule has 0 bridgehead atoms. The van der Waals surface area contributed by atoms with Gasteiger partial charge >= 0.3 is 0 Å². The topological polar surface area (TPSA) is 29.1 Å². The first-order valence-electron chi connectivity index (χ1n) is 6.29. The SMILES string of the molecule is O=C(CC1CCCCC1)Nc1ccc(I)cc1. The van der Waals surface area contributed by atoms with Gasteiger partial charge in [0.25, 0.3) is 0 Å². The molecular formula is C14H18INO. The number of rotatable bonds is 3. The van der Waals surface area contributed by atoms with E-state index in [0.717, 1.165) is 5.69 Å². The van der Waals surface area contributed by atoms with Crippen molar-refractivity contribution < 1.29 is 4.79 Å². The summed E-state index contributed by atoms with van der Waals surface area (Å²) in [6, 6.07) is 7.94. The first-order chi connectivity index (χ1) is 8.24. The lowest BCUT2D eigenvalue weighted by Gasteiger charge is -2.20. The summed E-state index contributed by atoms with van der Waals surface area (Å²) in [5.41, 5.74) is 0.909. The van der Waals surface area contributed by atoms with E-state index in [4.69, 9.17) is 0 Å². The molecule has 3 heteroatoms. The van der Waals surface area contributed by atoms with Gasteiger partial charge in [0.1, 0.15) is 0 Å². The highest BCUT2D eigenvalue weighted by Gasteiger charge is 2.16. The van der Waals surface area contributed by atoms with Gasteiger partial charge in [-0.1, -0.05) is 19.3 Å². The third-order valence-corrected chi connectivity index (χ3v) is 4.05. The lowest BCUT2D eigenvalue weighted by Crippen LogP contribution is -2.18. The molecule has 0 spiro atoms. The first kappa shape index (κ1) is 12.9. The van der Waals surface area contributed by atoms with Crippen molar-refractivity contribution in [2.45, 2.75) is 38.5 Å². The number of anilines is 1. The smallest absolute Gasteiger partial charge is 0.224 e. The molecule has 1 aromatic rings. The molecule has 2 nitrogen and oxygen atoms in total. The Balaban J connectivity index is 1.82. The molecule has 1 amide bonds. The van der Waals surface area contributed by atoms with E-state index < -0.39 is 0 Å². The van der Waals surface area contributed by atoms with Crippen LogP contribution in [0.3, 0.4) is 0 Å². The zero-order valence-electron chi connectivity index (χ0n) is 9.92. The molecule has 0 saturated heterocycles. The minimum atomic E-state index is 0.165. The summed E-state index contributed by atoms with van der Waals surface area (Å²) >= 11 is 2.26. The highest BCUT2D eigenvalue weighted by atomic mass is 127. The molecule has 0 unspecified atom stereocenters. The van der Waals surface area contributed by atoms with Gasteiger partial charge in [-0.3, -0.25) is 4.79 Å². The highest BCUT2D eigenvalue weighted by molar-refractivity contribution is 14.1. The van der Waals surface area contributed by atoms with E-state index in [1.807, 2.05) is 24.3 Å². The second-order valence-corrected chi connectivity index (χ2v) is 6.01. The van der Waals surface area contributed by atoms with Crippen LogP contribution >= 0.6 is 22.6 Å². The van der Waals surface area contributed by atoms with E-state index in [9.17, 15) is 4.79 Å². The van der Waals surface area contributed by atoms with Crippen LogP contribution in [0, 0.1) is 9.49 Å². The Labute approximate surface area is 116 Å². The van der Waals surface area contributed by atoms with Crippen LogP contribution in [0.5, 0.6) is 0 Å². The maximum atomic E-state index is 11.9. The van der Waals surface area contributed by atoms with Crippen molar-refractivity contribution in [2.24, 2.45) is 5.92 Å². The standard InChI is InChI=1S/C14H18INO/c15-12-6-8-13(9-7-12)16-14(17)10-11-4-2-1-3-5-11/h6-9,11H,1-5,10H2,(H,16,17). The van der Waals surface area contributed by atoms with Gasteiger partial charge in [-0.2, -0.15) is 0 Å². The number of halogens is 1. The second-order valence-electron chi connectivity index (χ2n) is 4.76.